The van der Waals surface area contributed by atoms with Crippen molar-refractivity contribution in [2.75, 3.05) is 24.6 Å². The van der Waals surface area contributed by atoms with Gasteiger partial charge in [0.2, 0.25) is 10.0 Å². The van der Waals surface area contributed by atoms with E-state index in [0.717, 1.165) is 17.9 Å². The third kappa shape index (κ3) is 3.16. The molecule has 2 rings (SSSR count). The molecule has 17 heavy (non-hydrogen) atoms. The molecule has 0 aromatic heterocycles. The lowest BCUT2D eigenvalue weighted by molar-refractivity contribution is 0.435. The van der Waals surface area contributed by atoms with E-state index < -0.39 is 10.0 Å². The van der Waals surface area contributed by atoms with E-state index in [9.17, 15) is 8.42 Å². The van der Waals surface area contributed by atoms with Gasteiger partial charge in [-0.3, -0.25) is 0 Å². The summed E-state index contributed by atoms with van der Waals surface area (Å²) in [7, 11) is -3.34. The minimum Gasteiger partial charge on any atom is -0.207 e. The van der Waals surface area contributed by atoms with Crippen LogP contribution >= 0.6 is 23.4 Å². The average Bonchev–Trinajstić information content (AvgIpc) is 2.58. The van der Waals surface area contributed by atoms with Crippen molar-refractivity contribution in [2.24, 2.45) is 0 Å². The summed E-state index contributed by atoms with van der Waals surface area (Å²) in [5.74, 6) is 1.90. The summed E-state index contributed by atoms with van der Waals surface area (Å²) in [4.78, 5) is 0.328. The van der Waals surface area contributed by atoms with Gasteiger partial charge in [0.15, 0.2) is 0 Å². The van der Waals surface area contributed by atoms with Gasteiger partial charge in [-0.2, -0.15) is 16.1 Å². The van der Waals surface area contributed by atoms with Gasteiger partial charge in [0.1, 0.15) is 0 Å². The first kappa shape index (κ1) is 13.2. The topological polar surface area (TPSA) is 37.4 Å². The van der Waals surface area contributed by atoms with Gasteiger partial charge >= 0.3 is 0 Å². The molecule has 0 atom stereocenters. The molecule has 1 heterocycles. The number of thioether (sulfide) groups is 1. The number of nitrogens with zero attached hydrogens (tertiary/aromatic N) is 1. The predicted octanol–water partition coefficient (Wildman–Crippen LogP) is 2.47. The molecular formula is C11H14ClNO2S2. The van der Waals surface area contributed by atoms with Crippen LogP contribution in [0, 0.1) is 0 Å². The molecule has 3 nitrogen and oxygen atoms in total. The number of benzene rings is 1. The van der Waals surface area contributed by atoms with Crippen molar-refractivity contribution in [1.29, 1.82) is 0 Å². The quantitative estimate of drug-likeness (QED) is 0.840. The van der Waals surface area contributed by atoms with Gasteiger partial charge in [0.25, 0.3) is 0 Å². The SMILES string of the molecule is O=S(=O)(c1ccc(Cl)cc1)N1CCCSCC1. The first-order chi connectivity index (χ1) is 8.10. The summed E-state index contributed by atoms with van der Waals surface area (Å²) in [6, 6.07) is 6.35. The van der Waals surface area contributed by atoms with E-state index in [0.29, 0.717) is 23.0 Å². The normalized spacial score (nSPS) is 18.9. The summed E-state index contributed by atoms with van der Waals surface area (Å²) in [6.07, 6.45) is 0.914. The molecule has 94 valence electrons. The maximum atomic E-state index is 12.3. The molecule has 0 bridgehead atoms. The standard InChI is InChI=1S/C11H14ClNO2S2/c12-10-2-4-11(5-3-10)17(14,15)13-6-1-8-16-9-7-13/h2-5H,1,6-9H2. The van der Waals surface area contributed by atoms with E-state index in [-0.39, 0.29) is 0 Å². The Labute approximate surface area is 111 Å². The first-order valence-corrected chi connectivity index (χ1v) is 8.41. The van der Waals surface area contributed by atoms with Crippen LogP contribution < -0.4 is 0 Å². The number of halogens is 1. The van der Waals surface area contributed by atoms with Crippen LogP contribution in [-0.4, -0.2) is 37.3 Å². The van der Waals surface area contributed by atoms with E-state index >= 15 is 0 Å². The van der Waals surface area contributed by atoms with E-state index in [4.69, 9.17) is 11.6 Å². The molecule has 1 aromatic carbocycles. The number of hydrogen-bond donors (Lipinski definition) is 0. The van der Waals surface area contributed by atoms with Crippen LogP contribution in [0.2, 0.25) is 5.02 Å². The summed E-state index contributed by atoms with van der Waals surface area (Å²) in [5, 5.41) is 0.551. The Hall–Kier alpha value is -0.230. The minimum atomic E-state index is -3.34. The molecule has 1 aliphatic rings. The molecule has 1 aromatic rings. The van der Waals surface area contributed by atoms with Gasteiger partial charge in [0, 0.05) is 23.9 Å². The molecule has 0 spiro atoms. The van der Waals surface area contributed by atoms with Gasteiger partial charge < -0.3 is 0 Å². The van der Waals surface area contributed by atoms with E-state index in [1.807, 2.05) is 0 Å². The van der Waals surface area contributed by atoms with Crippen LogP contribution in [0.15, 0.2) is 29.2 Å². The fourth-order valence-electron chi connectivity index (χ4n) is 1.72. The Morgan fingerprint density at radius 3 is 2.53 bits per heavy atom. The zero-order chi connectivity index (χ0) is 12.3. The highest BCUT2D eigenvalue weighted by atomic mass is 35.5. The molecule has 0 N–H and O–H groups in total. The smallest absolute Gasteiger partial charge is 0.207 e. The molecule has 6 heteroatoms. The number of hydrogen-bond acceptors (Lipinski definition) is 3. The zero-order valence-electron chi connectivity index (χ0n) is 9.30. The molecule has 1 fully saturated rings. The first-order valence-electron chi connectivity index (χ1n) is 5.44. The van der Waals surface area contributed by atoms with Crippen molar-refractivity contribution in [3.05, 3.63) is 29.3 Å². The predicted molar refractivity (Wildman–Crippen MR) is 72.2 cm³/mol. The fraction of sp³-hybridized carbons (Fsp3) is 0.455. The minimum absolute atomic E-state index is 0.328. The maximum absolute atomic E-state index is 12.3. The summed E-state index contributed by atoms with van der Waals surface area (Å²) >= 11 is 7.57. The lowest BCUT2D eigenvalue weighted by Gasteiger charge is -2.19. The third-order valence-electron chi connectivity index (χ3n) is 2.63. The summed E-state index contributed by atoms with van der Waals surface area (Å²) < 4.78 is 26.2. The van der Waals surface area contributed by atoms with Crippen molar-refractivity contribution in [1.82, 2.24) is 4.31 Å². The molecule has 1 saturated heterocycles. The maximum Gasteiger partial charge on any atom is 0.243 e. The number of sulfonamides is 1. The van der Waals surface area contributed by atoms with Gasteiger partial charge in [-0.05, 0) is 36.4 Å². The third-order valence-corrected chi connectivity index (χ3v) is 5.85. The molecule has 0 amide bonds. The Balaban J connectivity index is 2.25. The lowest BCUT2D eigenvalue weighted by Crippen LogP contribution is -2.32. The molecule has 0 aliphatic carbocycles. The monoisotopic (exact) mass is 291 g/mol. The average molecular weight is 292 g/mol. The highest BCUT2D eigenvalue weighted by Gasteiger charge is 2.24. The molecule has 0 saturated carbocycles. The van der Waals surface area contributed by atoms with Crippen LogP contribution in [0.4, 0.5) is 0 Å². The summed E-state index contributed by atoms with van der Waals surface area (Å²) in [6.45, 7) is 1.20. The Bertz CT molecular complexity index is 465. The van der Waals surface area contributed by atoms with E-state index in [2.05, 4.69) is 0 Å². The number of rotatable bonds is 2. The van der Waals surface area contributed by atoms with Gasteiger partial charge in [-0.1, -0.05) is 11.6 Å². The molecule has 1 aliphatic heterocycles. The molecule has 0 unspecified atom stereocenters. The second-order valence-corrected chi connectivity index (χ2v) is 7.42. The highest BCUT2D eigenvalue weighted by Crippen LogP contribution is 2.21. The van der Waals surface area contributed by atoms with Crippen LogP contribution in [0.3, 0.4) is 0 Å². The largest absolute Gasteiger partial charge is 0.243 e. The van der Waals surface area contributed by atoms with Crippen molar-refractivity contribution >= 4 is 33.4 Å². The van der Waals surface area contributed by atoms with E-state index in [1.54, 1.807) is 40.3 Å². The Morgan fingerprint density at radius 2 is 1.82 bits per heavy atom. The van der Waals surface area contributed by atoms with Crippen LogP contribution in [0.25, 0.3) is 0 Å². The van der Waals surface area contributed by atoms with Crippen LogP contribution in [-0.2, 0) is 10.0 Å². The second kappa shape index (κ2) is 5.61. The Kier molecular flexibility index (Phi) is 4.36. The zero-order valence-corrected chi connectivity index (χ0v) is 11.7. The molecular weight excluding hydrogens is 278 g/mol. The second-order valence-electron chi connectivity index (χ2n) is 3.82. The van der Waals surface area contributed by atoms with Crippen molar-refractivity contribution in [2.45, 2.75) is 11.3 Å². The van der Waals surface area contributed by atoms with Crippen molar-refractivity contribution in [3.8, 4) is 0 Å². The van der Waals surface area contributed by atoms with Crippen LogP contribution in [0.1, 0.15) is 6.42 Å². The van der Waals surface area contributed by atoms with Crippen molar-refractivity contribution < 1.29 is 8.42 Å². The summed E-state index contributed by atoms with van der Waals surface area (Å²) in [5.41, 5.74) is 0. The van der Waals surface area contributed by atoms with Gasteiger partial charge in [0.05, 0.1) is 4.90 Å². The van der Waals surface area contributed by atoms with Gasteiger partial charge in [-0.25, -0.2) is 8.42 Å². The lowest BCUT2D eigenvalue weighted by atomic mass is 10.4. The molecule has 0 radical (unpaired) electrons. The van der Waals surface area contributed by atoms with Crippen molar-refractivity contribution in [3.63, 3.8) is 0 Å². The highest BCUT2D eigenvalue weighted by molar-refractivity contribution is 7.99. The van der Waals surface area contributed by atoms with Gasteiger partial charge in [-0.15, -0.1) is 0 Å². The Morgan fingerprint density at radius 1 is 1.12 bits per heavy atom. The van der Waals surface area contributed by atoms with Crippen LogP contribution in [0.5, 0.6) is 0 Å². The fourth-order valence-corrected chi connectivity index (χ4v) is 4.33. The van der Waals surface area contributed by atoms with E-state index in [1.165, 1.54) is 0 Å².